The van der Waals surface area contributed by atoms with Gasteiger partial charge in [0, 0.05) is 25.3 Å². The van der Waals surface area contributed by atoms with Gasteiger partial charge in [0.15, 0.2) is 0 Å². The van der Waals surface area contributed by atoms with Crippen LogP contribution < -0.4 is 19.9 Å². The van der Waals surface area contributed by atoms with Crippen LogP contribution in [-0.2, 0) is 27.4 Å². The molecule has 0 aromatic heterocycles. The van der Waals surface area contributed by atoms with Crippen molar-refractivity contribution < 1.29 is 33.6 Å². The molecule has 10 nitrogen and oxygen atoms in total. The number of aliphatic carboxylic acids is 1. The Morgan fingerprint density at radius 2 is 1.78 bits per heavy atom. The van der Waals surface area contributed by atoms with E-state index >= 15 is 0 Å². The molecule has 2 aromatic carbocycles. The van der Waals surface area contributed by atoms with Gasteiger partial charge >= 0.3 is 12.1 Å². The minimum Gasteiger partial charge on any atom is -0.496 e. The molecule has 0 saturated carbocycles. The van der Waals surface area contributed by atoms with Crippen LogP contribution in [-0.4, -0.2) is 55.8 Å². The van der Waals surface area contributed by atoms with E-state index in [9.17, 15) is 14.7 Å². The Balaban J connectivity index is 2.14. The molecule has 200 valence electrons. The number of nitrogens with zero attached hydrogens (tertiary/aromatic N) is 2. The molecular weight excluding hydrogens is 478 g/mol. The van der Waals surface area contributed by atoms with Gasteiger partial charge in [0.25, 0.3) is 0 Å². The van der Waals surface area contributed by atoms with E-state index in [0.717, 1.165) is 34.0 Å². The molecule has 0 bridgehead atoms. The zero-order chi connectivity index (χ0) is 27.3. The number of hydrogen-bond acceptors (Lipinski definition) is 8. The number of fused-ring (bicyclic) bond motifs is 1. The summed E-state index contributed by atoms with van der Waals surface area (Å²) < 4.78 is 22.5. The Hall–Kier alpha value is -3.76. The van der Waals surface area contributed by atoms with Gasteiger partial charge in [-0.25, -0.2) is 15.0 Å². The summed E-state index contributed by atoms with van der Waals surface area (Å²) in [6, 6.07) is 7.54. The number of ether oxygens (including phenoxy) is 4. The molecule has 1 aliphatic heterocycles. The second-order valence-electron chi connectivity index (χ2n) is 9.41. The highest BCUT2D eigenvalue weighted by atomic mass is 16.6. The van der Waals surface area contributed by atoms with Gasteiger partial charge in [0.2, 0.25) is 0 Å². The van der Waals surface area contributed by atoms with Gasteiger partial charge in [0.1, 0.15) is 17.1 Å². The molecule has 0 atom stereocenters. The molecule has 0 fully saturated rings. The minimum atomic E-state index is -1.06. The lowest BCUT2D eigenvalue weighted by molar-refractivity contribution is -0.131. The van der Waals surface area contributed by atoms with E-state index in [4.69, 9.17) is 18.9 Å². The number of nitrogens with one attached hydrogen (secondary N) is 1. The van der Waals surface area contributed by atoms with Crippen molar-refractivity contribution >= 4 is 23.8 Å². The molecule has 10 heteroatoms. The molecule has 0 unspecified atom stereocenters. The first-order valence-corrected chi connectivity index (χ1v) is 11.9. The third-order valence-corrected chi connectivity index (χ3v) is 5.64. The Morgan fingerprint density at radius 1 is 1.14 bits per heavy atom. The molecule has 0 spiro atoms. The number of hydrazine groups is 2. The molecule has 0 aliphatic carbocycles. The number of carboxylic acid groups (broad SMARTS) is 1. The summed E-state index contributed by atoms with van der Waals surface area (Å²) in [5, 5.41) is 12.6. The van der Waals surface area contributed by atoms with Crippen molar-refractivity contribution in [3.8, 4) is 22.6 Å². The van der Waals surface area contributed by atoms with Crippen LogP contribution in [0, 0.1) is 0 Å². The Bertz CT molecular complexity index is 1160. The third-order valence-electron chi connectivity index (χ3n) is 5.64. The Labute approximate surface area is 217 Å². The van der Waals surface area contributed by atoms with Crippen molar-refractivity contribution in [2.45, 2.75) is 46.4 Å². The van der Waals surface area contributed by atoms with E-state index in [0.29, 0.717) is 36.8 Å². The van der Waals surface area contributed by atoms with Gasteiger partial charge in [-0.2, -0.15) is 0 Å². The molecule has 3 rings (SSSR count). The van der Waals surface area contributed by atoms with Gasteiger partial charge in [-0.15, -0.1) is 5.12 Å². The van der Waals surface area contributed by atoms with Crippen LogP contribution in [0.2, 0.25) is 0 Å². The SMILES string of the molecule is CCOCc1cc(OC)c(-c2ccc(/C=C\C(=O)O)c3c2CN(NC(=O)OC(C)(C)C)N3C)c(OC)c1. The molecule has 2 N–H and O–H groups in total. The molecular formula is C27H35N3O7. The molecule has 2 aromatic rings. The molecule has 1 heterocycles. The second kappa shape index (κ2) is 11.5. The summed E-state index contributed by atoms with van der Waals surface area (Å²) in [5.41, 5.74) is 6.81. The van der Waals surface area contributed by atoms with Crippen molar-refractivity contribution in [1.29, 1.82) is 0 Å². The number of carbonyl (C=O) groups is 2. The maximum atomic E-state index is 12.5. The van der Waals surface area contributed by atoms with Crippen molar-refractivity contribution in [2.75, 3.05) is 32.9 Å². The summed E-state index contributed by atoms with van der Waals surface area (Å²) in [6.45, 7) is 8.58. The third kappa shape index (κ3) is 6.52. The highest BCUT2D eigenvalue weighted by Gasteiger charge is 2.33. The van der Waals surface area contributed by atoms with Crippen molar-refractivity contribution in [3.63, 3.8) is 0 Å². The lowest BCUT2D eigenvalue weighted by Crippen LogP contribution is -2.49. The fraction of sp³-hybridized carbons (Fsp3) is 0.407. The summed E-state index contributed by atoms with van der Waals surface area (Å²) in [7, 11) is 4.97. The average Bonchev–Trinajstić information content (AvgIpc) is 3.15. The number of benzene rings is 2. The standard InChI is InChI=1S/C27H35N3O7/c1-8-36-16-17-13-21(34-6)24(22(14-17)35-7)19-11-9-18(10-12-23(31)32)25-20(19)15-30(29(25)5)28-26(33)37-27(2,3)4/h9-14H,8,15-16H2,1-7H3,(H,28,33)(H,31,32)/b12-10-. The summed E-state index contributed by atoms with van der Waals surface area (Å²) in [6.07, 6.45) is 2.00. The van der Waals surface area contributed by atoms with Gasteiger partial charge < -0.3 is 24.1 Å². The van der Waals surface area contributed by atoms with E-state index in [2.05, 4.69) is 5.43 Å². The lowest BCUT2D eigenvalue weighted by atomic mass is 9.93. The fourth-order valence-electron chi connectivity index (χ4n) is 4.16. The maximum Gasteiger partial charge on any atom is 0.423 e. The lowest BCUT2D eigenvalue weighted by Gasteiger charge is -2.28. The van der Waals surface area contributed by atoms with Crippen LogP contribution >= 0.6 is 0 Å². The van der Waals surface area contributed by atoms with Crippen molar-refractivity contribution in [1.82, 2.24) is 10.5 Å². The number of amides is 1. The summed E-state index contributed by atoms with van der Waals surface area (Å²) in [5.74, 6) is 0.146. The van der Waals surface area contributed by atoms with Gasteiger partial charge in [0.05, 0.1) is 38.6 Å². The number of anilines is 1. The van der Waals surface area contributed by atoms with E-state index in [1.807, 2.05) is 31.2 Å². The molecule has 37 heavy (non-hydrogen) atoms. The van der Waals surface area contributed by atoms with Crippen LogP contribution in [0.25, 0.3) is 17.2 Å². The predicted molar refractivity (Wildman–Crippen MR) is 140 cm³/mol. The number of rotatable bonds is 9. The topological polar surface area (TPSA) is 110 Å². The number of carboxylic acids is 1. The van der Waals surface area contributed by atoms with E-state index in [-0.39, 0.29) is 0 Å². The number of methoxy groups -OCH3 is 2. The Kier molecular flexibility index (Phi) is 8.67. The van der Waals surface area contributed by atoms with Gasteiger partial charge in [-0.1, -0.05) is 12.1 Å². The number of hydrogen-bond donors (Lipinski definition) is 2. The largest absolute Gasteiger partial charge is 0.496 e. The summed E-state index contributed by atoms with van der Waals surface area (Å²) >= 11 is 0. The highest BCUT2D eigenvalue weighted by Crippen LogP contribution is 2.47. The number of carbonyl (C=O) groups excluding carboxylic acids is 1. The quantitative estimate of drug-likeness (QED) is 0.465. The summed E-state index contributed by atoms with van der Waals surface area (Å²) in [4.78, 5) is 23.8. The predicted octanol–water partition coefficient (Wildman–Crippen LogP) is 4.61. The first-order valence-electron chi connectivity index (χ1n) is 11.9. The molecule has 1 amide bonds. The van der Waals surface area contributed by atoms with Gasteiger partial charge in [-0.05, 0) is 62.6 Å². The highest BCUT2D eigenvalue weighted by molar-refractivity contribution is 5.91. The molecule has 0 saturated heterocycles. The first-order chi connectivity index (χ1) is 17.5. The zero-order valence-corrected chi connectivity index (χ0v) is 22.4. The molecule has 1 aliphatic rings. The van der Waals surface area contributed by atoms with Crippen LogP contribution in [0.3, 0.4) is 0 Å². The average molecular weight is 514 g/mol. The van der Waals surface area contributed by atoms with E-state index < -0.39 is 17.7 Å². The Morgan fingerprint density at radius 3 is 2.32 bits per heavy atom. The van der Waals surface area contributed by atoms with Crippen molar-refractivity contribution in [3.05, 3.63) is 47.0 Å². The van der Waals surface area contributed by atoms with Crippen LogP contribution in [0.15, 0.2) is 30.3 Å². The normalized spacial score (nSPS) is 13.5. The van der Waals surface area contributed by atoms with Crippen LogP contribution in [0.5, 0.6) is 11.5 Å². The van der Waals surface area contributed by atoms with E-state index in [1.165, 1.54) is 6.08 Å². The van der Waals surface area contributed by atoms with Gasteiger partial charge in [-0.3, -0.25) is 5.01 Å². The van der Waals surface area contributed by atoms with Crippen molar-refractivity contribution in [2.24, 2.45) is 0 Å². The smallest absolute Gasteiger partial charge is 0.423 e. The first kappa shape index (κ1) is 27.8. The maximum absolute atomic E-state index is 12.5. The van der Waals surface area contributed by atoms with E-state index in [1.54, 1.807) is 52.2 Å². The monoisotopic (exact) mass is 513 g/mol. The fourth-order valence-corrected chi connectivity index (χ4v) is 4.16. The minimum absolute atomic E-state index is 0.294. The van der Waals surface area contributed by atoms with Crippen LogP contribution in [0.1, 0.15) is 44.4 Å². The zero-order valence-electron chi connectivity index (χ0n) is 22.4. The molecule has 0 radical (unpaired) electrons. The van der Waals surface area contributed by atoms with Crippen LogP contribution in [0.4, 0.5) is 10.5 Å². The second-order valence-corrected chi connectivity index (χ2v) is 9.41.